The van der Waals surface area contributed by atoms with Gasteiger partial charge in [0.25, 0.3) is 0 Å². The van der Waals surface area contributed by atoms with Gasteiger partial charge in [-0.25, -0.2) is 0 Å². The minimum atomic E-state index is 0.142. The number of hydrogen-bond acceptors (Lipinski definition) is 4. The zero-order chi connectivity index (χ0) is 20.2. The van der Waals surface area contributed by atoms with Gasteiger partial charge >= 0.3 is 0 Å². The summed E-state index contributed by atoms with van der Waals surface area (Å²) >= 11 is 3.69. The first kappa shape index (κ1) is 19.7. The maximum atomic E-state index is 6.03. The monoisotopic (exact) mass is 452 g/mol. The number of benzene rings is 4. The first-order valence-electron chi connectivity index (χ1n) is 9.21. The number of ether oxygens (including phenoxy) is 4. The molecule has 4 aromatic carbocycles. The van der Waals surface area contributed by atoms with Crippen LogP contribution >= 0.6 is 15.9 Å². The molecule has 0 spiro atoms. The average Bonchev–Trinajstić information content (AvgIpc) is 2.75. The van der Waals surface area contributed by atoms with Gasteiger partial charge in [0, 0.05) is 25.3 Å². The molecule has 0 radical (unpaired) electrons. The van der Waals surface area contributed by atoms with Crippen LogP contribution in [0.1, 0.15) is 0 Å². The summed E-state index contributed by atoms with van der Waals surface area (Å²) in [5, 5.41) is 4.37. The molecule has 0 heterocycles. The van der Waals surface area contributed by atoms with Crippen molar-refractivity contribution in [3.63, 3.8) is 0 Å². The molecule has 0 amide bonds. The maximum Gasteiger partial charge on any atom is 0.188 e. The van der Waals surface area contributed by atoms with Gasteiger partial charge in [-0.1, -0.05) is 54.6 Å². The summed E-state index contributed by atoms with van der Waals surface area (Å²) in [6.07, 6.45) is 0. The molecular weight excluding hydrogens is 432 g/mol. The lowest BCUT2D eigenvalue weighted by atomic mass is 9.92. The van der Waals surface area contributed by atoms with Gasteiger partial charge in [-0.05, 0) is 49.6 Å². The number of hydrogen-bond donors (Lipinski definition) is 0. The lowest BCUT2D eigenvalue weighted by Crippen LogP contribution is -2.04. The van der Waals surface area contributed by atoms with E-state index >= 15 is 0 Å². The summed E-state index contributed by atoms with van der Waals surface area (Å²) in [6.45, 7) is 0.300. The fraction of sp³-hybridized carbons (Fsp3) is 0.167. The van der Waals surface area contributed by atoms with E-state index in [9.17, 15) is 0 Å². The Hall–Kier alpha value is -2.60. The summed E-state index contributed by atoms with van der Waals surface area (Å²) in [6, 6.07) is 22.6. The van der Waals surface area contributed by atoms with Crippen LogP contribution in [-0.4, -0.2) is 27.8 Å². The van der Waals surface area contributed by atoms with Crippen LogP contribution in [0.3, 0.4) is 0 Å². The molecule has 148 valence electrons. The van der Waals surface area contributed by atoms with E-state index in [4.69, 9.17) is 18.9 Å². The van der Waals surface area contributed by atoms with Crippen LogP contribution in [0.25, 0.3) is 32.7 Å². The van der Waals surface area contributed by atoms with Gasteiger partial charge in [-0.2, -0.15) is 0 Å². The van der Waals surface area contributed by atoms with E-state index in [1.54, 1.807) is 14.2 Å². The molecule has 0 fully saturated rings. The molecule has 0 saturated heterocycles. The topological polar surface area (TPSA) is 36.9 Å². The van der Waals surface area contributed by atoms with E-state index in [0.717, 1.165) is 42.9 Å². The minimum absolute atomic E-state index is 0.142. The lowest BCUT2D eigenvalue weighted by molar-refractivity contribution is 0.0499. The van der Waals surface area contributed by atoms with E-state index in [1.165, 1.54) is 0 Å². The predicted molar refractivity (Wildman–Crippen MR) is 120 cm³/mol. The number of halogens is 1. The fourth-order valence-corrected chi connectivity index (χ4v) is 4.11. The van der Waals surface area contributed by atoms with Crippen molar-refractivity contribution in [2.24, 2.45) is 0 Å². The maximum absolute atomic E-state index is 6.03. The van der Waals surface area contributed by atoms with Crippen molar-refractivity contribution in [1.29, 1.82) is 0 Å². The SMILES string of the molecule is COCOc1ccc2ccccc2c1-c1c(OCOC)c(Br)cc2ccccc12. The molecule has 29 heavy (non-hydrogen) atoms. The summed E-state index contributed by atoms with van der Waals surface area (Å²) in [5.41, 5.74) is 1.92. The van der Waals surface area contributed by atoms with E-state index in [-0.39, 0.29) is 13.6 Å². The van der Waals surface area contributed by atoms with Gasteiger partial charge in [0.2, 0.25) is 0 Å². The highest BCUT2D eigenvalue weighted by molar-refractivity contribution is 9.10. The second-order valence-electron chi connectivity index (χ2n) is 6.55. The Bertz CT molecular complexity index is 1160. The molecule has 0 N–H and O–H groups in total. The van der Waals surface area contributed by atoms with Crippen molar-refractivity contribution in [3.8, 4) is 22.6 Å². The van der Waals surface area contributed by atoms with Crippen LogP contribution in [0.4, 0.5) is 0 Å². The Morgan fingerprint density at radius 2 is 1.31 bits per heavy atom. The molecule has 0 unspecified atom stereocenters. The third kappa shape index (κ3) is 3.81. The molecular formula is C24H21BrO4. The van der Waals surface area contributed by atoms with E-state index in [2.05, 4.69) is 52.3 Å². The highest BCUT2D eigenvalue weighted by atomic mass is 79.9. The first-order chi connectivity index (χ1) is 14.2. The number of fused-ring (bicyclic) bond motifs is 2. The van der Waals surface area contributed by atoms with Crippen molar-refractivity contribution in [2.75, 3.05) is 27.8 Å². The van der Waals surface area contributed by atoms with Gasteiger partial charge in [-0.3, -0.25) is 0 Å². The largest absolute Gasteiger partial charge is 0.467 e. The lowest BCUT2D eigenvalue weighted by Gasteiger charge is -2.20. The number of methoxy groups -OCH3 is 2. The molecule has 5 heteroatoms. The first-order valence-corrected chi connectivity index (χ1v) is 10.0. The van der Waals surface area contributed by atoms with E-state index in [0.29, 0.717) is 5.75 Å². The van der Waals surface area contributed by atoms with Crippen LogP contribution in [0.5, 0.6) is 11.5 Å². The van der Waals surface area contributed by atoms with Crippen LogP contribution in [-0.2, 0) is 9.47 Å². The molecule has 4 nitrogen and oxygen atoms in total. The van der Waals surface area contributed by atoms with Crippen LogP contribution in [0.2, 0.25) is 0 Å². The van der Waals surface area contributed by atoms with Crippen molar-refractivity contribution >= 4 is 37.5 Å². The van der Waals surface area contributed by atoms with Gasteiger partial charge in [-0.15, -0.1) is 0 Å². The molecule has 0 aliphatic heterocycles. The second kappa shape index (κ2) is 8.82. The summed E-state index contributed by atoms with van der Waals surface area (Å²) in [4.78, 5) is 0. The Kier molecular flexibility index (Phi) is 6.00. The Morgan fingerprint density at radius 3 is 2.03 bits per heavy atom. The predicted octanol–water partition coefficient (Wildman–Crippen LogP) is 6.39. The van der Waals surface area contributed by atoms with Gasteiger partial charge in [0.1, 0.15) is 11.5 Å². The van der Waals surface area contributed by atoms with Crippen molar-refractivity contribution < 1.29 is 18.9 Å². The fourth-order valence-electron chi connectivity index (χ4n) is 3.55. The minimum Gasteiger partial charge on any atom is -0.467 e. The Morgan fingerprint density at radius 1 is 0.690 bits per heavy atom. The van der Waals surface area contributed by atoms with Gasteiger partial charge < -0.3 is 18.9 Å². The van der Waals surface area contributed by atoms with Gasteiger partial charge in [0.05, 0.1) is 4.47 Å². The smallest absolute Gasteiger partial charge is 0.188 e. The Balaban J connectivity index is 2.11. The zero-order valence-corrected chi connectivity index (χ0v) is 17.9. The number of rotatable bonds is 7. The second-order valence-corrected chi connectivity index (χ2v) is 7.40. The van der Waals surface area contributed by atoms with Gasteiger partial charge in [0.15, 0.2) is 13.6 Å². The van der Waals surface area contributed by atoms with Crippen molar-refractivity contribution in [1.82, 2.24) is 0 Å². The van der Waals surface area contributed by atoms with Crippen LogP contribution in [0.15, 0.2) is 71.2 Å². The molecule has 0 aliphatic carbocycles. The molecule has 4 rings (SSSR count). The molecule has 0 atom stereocenters. The average molecular weight is 453 g/mol. The highest BCUT2D eigenvalue weighted by Gasteiger charge is 2.21. The third-order valence-electron chi connectivity index (χ3n) is 4.75. The zero-order valence-electron chi connectivity index (χ0n) is 16.3. The molecule has 0 aliphatic rings. The quantitative estimate of drug-likeness (QED) is 0.304. The summed E-state index contributed by atoms with van der Waals surface area (Å²) in [7, 11) is 3.22. The Labute approximate surface area is 178 Å². The van der Waals surface area contributed by atoms with Crippen molar-refractivity contribution in [3.05, 3.63) is 71.2 Å². The van der Waals surface area contributed by atoms with Crippen LogP contribution in [0, 0.1) is 0 Å². The summed E-state index contributed by atoms with van der Waals surface area (Å²) < 4.78 is 23.2. The third-order valence-corrected chi connectivity index (χ3v) is 5.34. The van der Waals surface area contributed by atoms with Crippen LogP contribution < -0.4 is 9.47 Å². The van der Waals surface area contributed by atoms with E-state index in [1.807, 2.05) is 30.3 Å². The standard InChI is InChI=1S/C24H21BrO4/c1-26-14-28-21-12-11-16-7-3-5-9-18(16)22(21)23-19-10-6-4-8-17(19)13-20(25)24(23)29-15-27-2/h3-13H,14-15H2,1-2H3. The molecule has 0 bridgehead atoms. The summed E-state index contributed by atoms with van der Waals surface area (Å²) in [5.74, 6) is 1.44. The molecule has 4 aromatic rings. The normalized spacial score (nSPS) is 11.1. The van der Waals surface area contributed by atoms with Crippen molar-refractivity contribution in [2.45, 2.75) is 0 Å². The van der Waals surface area contributed by atoms with E-state index < -0.39 is 0 Å². The molecule has 0 saturated carbocycles. The molecule has 0 aromatic heterocycles. The highest BCUT2D eigenvalue weighted by Crippen LogP contribution is 2.48.